The Balaban J connectivity index is 1.39. The van der Waals surface area contributed by atoms with Crippen molar-refractivity contribution in [2.75, 3.05) is 13.3 Å². The van der Waals surface area contributed by atoms with Crippen molar-refractivity contribution < 1.29 is 27.8 Å². The van der Waals surface area contributed by atoms with Gasteiger partial charge in [-0.15, -0.1) is 0 Å². The Kier molecular flexibility index (Phi) is 8.68. The van der Waals surface area contributed by atoms with Crippen LogP contribution in [-0.4, -0.2) is 52.0 Å². The summed E-state index contributed by atoms with van der Waals surface area (Å²) in [6, 6.07) is 16.9. The maximum atomic E-state index is 15.3. The van der Waals surface area contributed by atoms with E-state index < -0.39 is 53.7 Å². The number of ether oxygens (including phenoxy) is 2. The molecule has 0 unspecified atom stereocenters. The molecule has 1 aromatic heterocycles. The molecule has 0 saturated carbocycles. The van der Waals surface area contributed by atoms with Crippen LogP contribution in [0, 0.1) is 11.6 Å². The fourth-order valence-corrected chi connectivity index (χ4v) is 6.53. The molecule has 2 aliphatic rings. The molecule has 0 fully saturated rings. The Morgan fingerprint density at radius 3 is 2.20 bits per heavy atom. The maximum absolute atomic E-state index is 15.3. The number of hydrogen-bond donors (Lipinski definition) is 1. The predicted molar refractivity (Wildman–Crippen MR) is 165 cm³/mol. The average Bonchev–Trinajstić information content (AvgIpc) is 3.21. The normalized spacial score (nSPS) is 16.7. The van der Waals surface area contributed by atoms with E-state index in [9.17, 15) is 14.4 Å². The van der Waals surface area contributed by atoms with Crippen LogP contribution in [0.5, 0.6) is 5.75 Å². The molecule has 1 amide bonds. The number of amides is 1. The first-order valence-electron chi connectivity index (χ1n) is 15.2. The Morgan fingerprint density at radius 2 is 1.59 bits per heavy atom. The van der Waals surface area contributed by atoms with Gasteiger partial charge in [0, 0.05) is 18.5 Å². The van der Waals surface area contributed by atoms with Crippen LogP contribution in [0.15, 0.2) is 77.7 Å². The molecule has 46 heavy (non-hydrogen) atoms. The van der Waals surface area contributed by atoms with Crippen molar-refractivity contribution in [3.05, 3.63) is 128 Å². The highest BCUT2D eigenvalue weighted by molar-refractivity contribution is 5.96. The predicted octanol–water partition coefficient (Wildman–Crippen LogP) is 4.31. The number of nitrogens with zero attached hydrogens (tertiary/aromatic N) is 3. The van der Waals surface area contributed by atoms with Gasteiger partial charge in [0.2, 0.25) is 18.0 Å². The number of benzene rings is 3. The third-order valence-corrected chi connectivity index (χ3v) is 8.75. The number of rotatable bonds is 8. The van der Waals surface area contributed by atoms with Gasteiger partial charge in [0.1, 0.15) is 17.7 Å². The lowest BCUT2D eigenvalue weighted by Crippen LogP contribution is -2.50. The van der Waals surface area contributed by atoms with Gasteiger partial charge in [-0.2, -0.15) is 5.10 Å². The van der Waals surface area contributed by atoms with Crippen molar-refractivity contribution in [3.63, 3.8) is 0 Å². The molecule has 6 rings (SSSR count). The van der Waals surface area contributed by atoms with Crippen LogP contribution in [0.2, 0.25) is 0 Å². The standard InChI is InChI=1S/C35H34F2N4O5/c1-20(2)40-18-29(31-24-10-6-12-26(36)22(24)14-15-23-25(31)11-7-13-27(23)37)41-32(34(40)43)33(30(42)17-39-41)45-19-46-35(44)28(38)16-21-8-4-3-5-9-21/h3-13,17,20,28-29,31H,14-16,18-19,38H2,1-2H3/t28-,29+/m0/s1. The second-order valence-electron chi connectivity index (χ2n) is 11.9. The number of fused-ring (bicyclic) bond motifs is 3. The third-order valence-electron chi connectivity index (χ3n) is 8.75. The highest BCUT2D eigenvalue weighted by atomic mass is 19.1. The Labute approximate surface area is 264 Å². The van der Waals surface area contributed by atoms with Crippen LogP contribution in [0.1, 0.15) is 64.1 Å². The van der Waals surface area contributed by atoms with E-state index in [1.807, 2.05) is 56.3 Å². The van der Waals surface area contributed by atoms with Gasteiger partial charge < -0.3 is 20.1 Å². The van der Waals surface area contributed by atoms with Crippen molar-refractivity contribution in [2.45, 2.75) is 57.2 Å². The fraction of sp³-hybridized carbons (Fsp3) is 0.314. The lowest BCUT2D eigenvalue weighted by molar-refractivity contribution is -0.151. The highest BCUT2D eigenvalue weighted by Gasteiger charge is 2.43. The van der Waals surface area contributed by atoms with Crippen molar-refractivity contribution in [1.82, 2.24) is 14.7 Å². The van der Waals surface area contributed by atoms with Crippen molar-refractivity contribution >= 4 is 11.9 Å². The molecule has 1 aliphatic carbocycles. The Morgan fingerprint density at radius 1 is 0.957 bits per heavy atom. The van der Waals surface area contributed by atoms with Gasteiger partial charge in [-0.3, -0.25) is 19.1 Å². The first kappa shape index (κ1) is 31.1. The lowest BCUT2D eigenvalue weighted by atomic mass is 9.81. The van der Waals surface area contributed by atoms with E-state index in [0.29, 0.717) is 35.1 Å². The van der Waals surface area contributed by atoms with Crippen LogP contribution in [0.25, 0.3) is 0 Å². The number of aromatic nitrogens is 2. The first-order valence-corrected chi connectivity index (χ1v) is 15.2. The van der Waals surface area contributed by atoms with Crippen molar-refractivity contribution in [2.24, 2.45) is 5.73 Å². The third kappa shape index (κ3) is 5.78. The molecule has 2 N–H and O–H groups in total. The molecule has 4 aromatic rings. The zero-order valence-corrected chi connectivity index (χ0v) is 25.5. The lowest BCUT2D eigenvalue weighted by Gasteiger charge is -2.41. The number of esters is 1. The molecular formula is C35H34F2N4O5. The average molecular weight is 629 g/mol. The van der Waals surface area contributed by atoms with Gasteiger partial charge in [-0.25, -0.2) is 8.78 Å². The monoisotopic (exact) mass is 628 g/mol. The van der Waals surface area contributed by atoms with Crippen LogP contribution < -0.4 is 15.9 Å². The van der Waals surface area contributed by atoms with E-state index in [2.05, 4.69) is 5.10 Å². The van der Waals surface area contributed by atoms with Crippen molar-refractivity contribution in [1.29, 1.82) is 0 Å². The summed E-state index contributed by atoms with van der Waals surface area (Å²) >= 11 is 0. The summed E-state index contributed by atoms with van der Waals surface area (Å²) in [4.78, 5) is 41.3. The van der Waals surface area contributed by atoms with E-state index in [-0.39, 0.29) is 30.5 Å². The molecule has 0 radical (unpaired) electrons. The smallest absolute Gasteiger partial charge is 0.326 e. The minimum absolute atomic E-state index is 0.137. The summed E-state index contributed by atoms with van der Waals surface area (Å²) in [5.41, 5.74) is 8.30. The van der Waals surface area contributed by atoms with Gasteiger partial charge in [-0.05, 0) is 73.1 Å². The van der Waals surface area contributed by atoms with Crippen LogP contribution in [0.4, 0.5) is 8.78 Å². The van der Waals surface area contributed by atoms with Gasteiger partial charge in [0.15, 0.2) is 5.69 Å². The van der Waals surface area contributed by atoms with Crippen LogP contribution in [0.3, 0.4) is 0 Å². The van der Waals surface area contributed by atoms with Crippen LogP contribution in [-0.2, 0) is 28.8 Å². The summed E-state index contributed by atoms with van der Waals surface area (Å²) < 4.78 is 42.9. The topological polar surface area (TPSA) is 117 Å². The number of halogens is 2. The second kappa shape index (κ2) is 12.8. The van der Waals surface area contributed by atoms with E-state index >= 15 is 8.78 Å². The van der Waals surface area contributed by atoms with E-state index in [1.54, 1.807) is 17.0 Å². The van der Waals surface area contributed by atoms with E-state index in [1.165, 1.54) is 16.8 Å². The Hall–Kier alpha value is -4.90. The van der Waals surface area contributed by atoms with Gasteiger partial charge in [-0.1, -0.05) is 54.6 Å². The highest BCUT2D eigenvalue weighted by Crippen LogP contribution is 2.45. The summed E-state index contributed by atoms with van der Waals surface area (Å²) in [5, 5.41) is 4.38. The van der Waals surface area contributed by atoms with Gasteiger partial charge >= 0.3 is 5.97 Å². The minimum Gasteiger partial charge on any atom is -0.451 e. The van der Waals surface area contributed by atoms with Crippen molar-refractivity contribution in [3.8, 4) is 5.75 Å². The molecule has 0 bridgehead atoms. The maximum Gasteiger partial charge on any atom is 0.326 e. The largest absolute Gasteiger partial charge is 0.451 e. The van der Waals surface area contributed by atoms with Gasteiger partial charge in [0.05, 0.1) is 12.2 Å². The SMILES string of the molecule is CC(C)N1C[C@H](C2c3cccc(F)c3CCc3c(F)cccc32)n2ncc(=O)c(OCOC(=O)[C@@H](N)Cc3ccccc3)c2C1=O. The van der Waals surface area contributed by atoms with E-state index in [0.717, 1.165) is 11.8 Å². The van der Waals surface area contributed by atoms with Crippen LogP contribution >= 0.6 is 0 Å². The summed E-state index contributed by atoms with van der Waals surface area (Å²) in [6.07, 6.45) is 1.86. The first-order chi connectivity index (χ1) is 22.2. The number of carbonyl (C=O) groups excluding carboxylic acids is 2. The number of hydrogen-bond acceptors (Lipinski definition) is 7. The quantitative estimate of drug-likeness (QED) is 0.228. The number of nitrogens with two attached hydrogens (primary N) is 1. The molecule has 3 aromatic carbocycles. The van der Waals surface area contributed by atoms with Gasteiger partial charge in [0.25, 0.3) is 5.91 Å². The molecule has 11 heteroatoms. The minimum atomic E-state index is -0.975. The fourth-order valence-electron chi connectivity index (χ4n) is 6.53. The molecule has 0 spiro atoms. The summed E-state index contributed by atoms with van der Waals surface area (Å²) in [6.45, 7) is 3.16. The zero-order chi connectivity index (χ0) is 32.5. The molecule has 1 aliphatic heterocycles. The molecule has 9 nitrogen and oxygen atoms in total. The number of carbonyl (C=O) groups is 2. The second-order valence-corrected chi connectivity index (χ2v) is 11.9. The molecule has 238 valence electrons. The molecule has 2 heterocycles. The molecule has 0 saturated heterocycles. The van der Waals surface area contributed by atoms with E-state index in [4.69, 9.17) is 15.2 Å². The summed E-state index contributed by atoms with van der Waals surface area (Å²) in [5.74, 6) is -3.00. The summed E-state index contributed by atoms with van der Waals surface area (Å²) in [7, 11) is 0. The molecule has 2 atom stereocenters. The molecular weight excluding hydrogens is 594 g/mol. The Bertz CT molecular complexity index is 1790. The zero-order valence-electron chi connectivity index (χ0n) is 25.5.